The van der Waals surface area contributed by atoms with Crippen molar-refractivity contribution in [1.82, 2.24) is 5.43 Å². The van der Waals surface area contributed by atoms with Crippen molar-refractivity contribution in [2.24, 2.45) is 11.8 Å². The van der Waals surface area contributed by atoms with E-state index in [0.717, 1.165) is 18.1 Å². The Hall–Kier alpha value is -0.510. The molecule has 19 heavy (non-hydrogen) atoms. The standard InChI is InChI=1S/C16H28N2S/c1-11(2)9-19-10-15(18-17)8-16-13(4)6-12(3)7-14(16)5/h6-7,11,15,18H,8-10,17H2,1-5H3. The summed E-state index contributed by atoms with van der Waals surface area (Å²) in [4.78, 5) is 0. The van der Waals surface area contributed by atoms with Crippen molar-refractivity contribution >= 4 is 11.8 Å². The Morgan fingerprint density at radius 3 is 2.16 bits per heavy atom. The molecule has 1 aromatic rings. The van der Waals surface area contributed by atoms with Crippen molar-refractivity contribution in [1.29, 1.82) is 0 Å². The SMILES string of the molecule is Cc1cc(C)c(CC(CSCC(C)C)NN)c(C)c1. The zero-order valence-corrected chi connectivity index (χ0v) is 13.7. The van der Waals surface area contributed by atoms with E-state index < -0.39 is 0 Å². The van der Waals surface area contributed by atoms with E-state index in [4.69, 9.17) is 5.84 Å². The molecular formula is C16H28N2S. The fourth-order valence-electron chi connectivity index (χ4n) is 2.39. The van der Waals surface area contributed by atoms with Crippen LogP contribution in [0.3, 0.4) is 0 Å². The Kier molecular flexibility index (Phi) is 6.90. The third-order valence-electron chi connectivity index (χ3n) is 3.30. The summed E-state index contributed by atoms with van der Waals surface area (Å²) in [5.74, 6) is 8.72. The highest BCUT2D eigenvalue weighted by atomic mass is 32.2. The lowest BCUT2D eigenvalue weighted by atomic mass is 9.95. The number of thioether (sulfide) groups is 1. The number of hydrogen-bond donors (Lipinski definition) is 2. The zero-order valence-electron chi connectivity index (χ0n) is 12.9. The van der Waals surface area contributed by atoms with Crippen LogP contribution in [0.4, 0.5) is 0 Å². The van der Waals surface area contributed by atoms with E-state index in [1.807, 2.05) is 11.8 Å². The monoisotopic (exact) mass is 280 g/mol. The summed E-state index contributed by atoms with van der Waals surface area (Å²) < 4.78 is 0. The second kappa shape index (κ2) is 7.93. The Labute approximate surface area is 122 Å². The predicted octanol–water partition coefficient (Wildman–Crippen LogP) is 3.38. The summed E-state index contributed by atoms with van der Waals surface area (Å²) in [5, 5.41) is 0. The first kappa shape index (κ1) is 16.5. The quantitative estimate of drug-likeness (QED) is 0.594. The molecule has 0 heterocycles. The molecule has 0 aromatic heterocycles. The summed E-state index contributed by atoms with van der Waals surface area (Å²) in [6.45, 7) is 11.1. The van der Waals surface area contributed by atoms with Crippen LogP contribution >= 0.6 is 11.8 Å². The molecule has 2 nitrogen and oxygen atoms in total. The molecule has 3 N–H and O–H groups in total. The van der Waals surface area contributed by atoms with Gasteiger partial charge in [0.1, 0.15) is 0 Å². The lowest BCUT2D eigenvalue weighted by Crippen LogP contribution is -2.39. The highest BCUT2D eigenvalue weighted by Gasteiger charge is 2.12. The van der Waals surface area contributed by atoms with Gasteiger partial charge in [0.05, 0.1) is 0 Å². The van der Waals surface area contributed by atoms with Crippen LogP contribution in [-0.4, -0.2) is 17.5 Å². The molecule has 0 spiro atoms. The van der Waals surface area contributed by atoms with Crippen molar-refractivity contribution in [3.05, 3.63) is 34.4 Å². The molecule has 1 aromatic carbocycles. The van der Waals surface area contributed by atoms with Gasteiger partial charge >= 0.3 is 0 Å². The molecule has 0 aliphatic heterocycles. The van der Waals surface area contributed by atoms with Gasteiger partial charge in [-0.15, -0.1) is 0 Å². The molecule has 1 unspecified atom stereocenters. The van der Waals surface area contributed by atoms with Crippen molar-refractivity contribution in [2.45, 2.75) is 47.1 Å². The molecule has 0 saturated heterocycles. The first-order chi connectivity index (χ1) is 8.93. The van der Waals surface area contributed by atoms with Crippen LogP contribution in [0.5, 0.6) is 0 Å². The third-order valence-corrected chi connectivity index (χ3v) is 4.84. The van der Waals surface area contributed by atoms with E-state index in [1.165, 1.54) is 28.0 Å². The smallest absolute Gasteiger partial charge is 0.0341 e. The highest BCUT2D eigenvalue weighted by molar-refractivity contribution is 7.99. The van der Waals surface area contributed by atoms with Crippen LogP contribution < -0.4 is 11.3 Å². The molecular weight excluding hydrogens is 252 g/mol. The maximum atomic E-state index is 5.70. The van der Waals surface area contributed by atoms with E-state index in [0.29, 0.717) is 6.04 Å². The second-order valence-electron chi connectivity index (χ2n) is 5.88. The van der Waals surface area contributed by atoms with E-state index in [1.54, 1.807) is 0 Å². The Morgan fingerprint density at radius 2 is 1.68 bits per heavy atom. The van der Waals surface area contributed by atoms with Gasteiger partial charge in [-0.05, 0) is 55.6 Å². The lowest BCUT2D eigenvalue weighted by Gasteiger charge is -2.19. The van der Waals surface area contributed by atoms with Crippen LogP contribution in [0.25, 0.3) is 0 Å². The molecule has 0 aliphatic rings. The van der Waals surface area contributed by atoms with Gasteiger partial charge in [0.2, 0.25) is 0 Å². The van der Waals surface area contributed by atoms with Gasteiger partial charge in [-0.2, -0.15) is 11.8 Å². The summed E-state index contributed by atoms with van der Waals surface area (Å²) in [5.41, 5.74) is 8.52. The summed E-state index contributed by atoms with van der Waals surface area (Å²) in [6, 6.07) is 4.87. The van der Waals surface area contributed by atoms with Gasteiger partial charge in [-0.1, -0.05) is 31.5 Å². The average molecular weight is 280 g/mol. The Bertz CT molecular complexity index is 379. The van der Waals surface area contributed by atoms with Crippen molar-refractivity contribution in [3.63, 3.8) is 0 Å². The van der Waals surface area contributed by atoms with Gasteiger partial charge in [0.25, 0.3) is 0 Å². The van der Waals surface area contributed by atoms with Crippen molar-refractivity contribution in [2.75, 3.05) is 11.5 Å². The first-order valence-electron chi connectivity index (χ1n) is 7.04. The van der Waals surface area contributed by atoms with Gasteiger partial charge < -0.3 is 0 Å². The average Bonchev–Trinajstić information content (AvgIpc) is 2.30. The number of nitrogens with two attached hydrogens (primary N) is 1. The van der Waals surface area contributed by atoms with Crippen molar-refractivity contribution in [3.8, 4) is 0 Å². The number of nitrogens with one attached hydrogen (secondary N) is 1. The minimum atomic E-state index is 0.351. The number of rotatable bonds is 7. The molecule has 0 fully saturated rings. The van der Waals surface area contributed by atoms with Gasteiger partial charge in [0.15, 0.2) is 0 Å². The number of hydrazine groups is 1. The third kappa shape index (κ3) is 5.55. The maximum absolute atomic E-state index is 5.70. The van der Waals surface area contributed by atoms with E-state index >= 15 is 0 Å². The second-order valence-corrected chi connectivity index (χ2v) is 6.95. The van der Waals surface area contributed by atoms with Gasteiger partial charge in [-0.25, -0.2) is 0 Å². The van der Waals surface area contributed by atoms with Crippen LogP contribution in [0, 0.1) is 26.7 Å². The van der Waals surface area contributed by atoms with Gasteiger partial charge in [-0.3, -0.25) is 11.3 Å². The minimum Gasteiger partial charge on any atom is -0.271 e. The zero-order chi connectivity index (χ0) is 14.4. The molecule has 0 bridgehead atoms. The number of benzene rings is 1. The maximum Gasteiger partial charge on any atom is 0.0341 e. The number of hydrogen-bond acceptors (Lipinski definition) is 3. The summed E-state index contributed by atoms with van der Waals surface area (Å²) >= 11 is 1.99. The van der Waals surface area contributed by atoms with Crippen LogP contribution in [0.2, 0.25) is 0 Å². The number of aryl methyl sites for hydroxylation is 3. The van der Waals surface area contributed by atoms with Crippen LogP contribution in [-0.2, 0) is 6.42 Å². The van der Waals surface area contributed by atoms with E-state index in [9.17, 15) is 0 Å². The topological polar surface area (TPSA) is 38.0 Å². The lowest BCUT2D eigenvalue weighted by molar-refractivity contribution is 0.572. The van der Waals surface area contributed by atoms with Gasteiger partial charge in [0, 0.05) is 11.8 Å². The van der Waals surface area contributed by atoms with Crippen LogP contribution in [0.15, 0.2) is 12.1 Å². The minimum absolute atomic E-state index is 0.351. The summed E-state index contributed by atoms with van der Waals surface area (Å²) in [7, 11) is 0. The van der Waals surface area contributed by atoms with Crippen molar-refractivity contribution < 1.29 is 0 Å². The molecule has 0 radical (unpaired) electrons. The molecule has 0 amide bonds. The first-order valence-corrected chi connectivity index (χ1v) is 8.20. The van der Waals surface area contributed by atoms with E-state index in [-0.39, 0.29) is 0 Å². The highest BCUT2D eigenvalue weighted by Crippen LogP contribution is 2.19. The Balaban J connectivity index is 2.65. The largest absolute Gasteiger partial charge is 0.271 e. The molecule has 108 valence electrons. The molecule has 0 aliphatic carbocycles. The molecule has 3 heteroatoms. The predicted molar refractivity (Wildman–Crippen MR) is 87.6 cm³/mol. The molecule has 0 saturated carbocycles. The molecule has 1 atom stereocenters. The Morgan fingerprint density at radius 1 is 1.11 bits per heavy atom. The van der Waals surface area contributed by atoms with Crippen LogP contribution in [0.1, 0.15) is 36.1 Å². The normalized spacial score (nSPS) is 13.0. The summed E-state index contributed by atoms with van der Waals surface area (Å²) in [6.07, 6.45) is 1.01. The fraction of sp³-hybridized carbons (Fsp3) is 0.625. The van der Waals surface area contributed by atoms with E-state index in [2.05, 4.69) is 52.2 Å². The fourth-order valence-corrected chi connectivity index (χ4v) is 3.50. The molecule has 1 rings (SSSR count).